The average molecular weight is 178 g/mol. The normalized spacial score (nSPS) is 31.7. The first-order valence-electron chi connectivity index (χ1n) is 2.51. The maximum atomic E-state index is 5.17. The van der Waals surface area contributed by atoms with Gasteiger partial charge in [0.1, 0.15) is 6.10 Å². The van der Waals surface area contributed by atoms with Gasteiger partial charge in [0.15, 0.2) is 0 Å². The lowest BCUT2D eigenvalue weighted by molar-refractivity contribution is 0.327. The van der Waals surface area contributed by atoms with E-state index in [-0.39, 0.29) is 6.10 Å². The number of terminal acetylenes is 1. The third-order valence-corrected chi connectivity index (χ3v) is 3.81. The maximum Gasteiger partial charge on any atom is 0.134 e. The van der Waals surface area contributed by atoms with Crippen molar-refractivity contribution in [3.63, 3.8) is 0 Å². The fourth-order valence-corrected chi connectivity index (χ4v) is 2.89. The van der Waals surface area contributed by atoms with E-state index in [9.17, 15) is 0 Å². The molecule has 0 radical (unpaired) electrons. The first kappa shape index (κ1) is 7.42. The SMILES string of the molecule is C#CC1CCS(=S)(=S)O1. The van der Waals surface area contributed by atoms with Gasteiger partial charge in [-0.2, -0.15) is 0 Å². The van der Waals surface area contributed by atoms with E-state index in [1.54, 1.807) is 0 Å². The molecule has 1 nitrogen and oxygen atoms in total. The molecule has 1 heterocycles. The Hall–Kier alpha value is 0.310. The lowest BCUT2D eigenvalue weighted by atomic mass is 10.3. The zero-order chi connectivity index (χ0) is 6.91. The molecular formula is C5H6OS3. The zero-order valence-electron chi connectivity index (χ0n) is 4.70. The molecule has 0 N–H and O–H groups in total. The van der Waals surface area contributed by atoms with Gasteiger partial charge in [0.25, 0.3) is 0 Å². The van der Waals surface area contributed by atoms with E-state index < -0.39 is 7.43 Å². The summed E-state index contributed by atoms with van der Waals surface area (Å²) in [6, 6.07) is 0. The first-order chi connectivity index (χ1) is 4.14. The highest BCUT2D eigenvalue weighted by molar-refractivity contribution is 8.54. The Labute approximate surface area is 64.8 Å². The first-order valence-corrected chi connectivity index (χ1v) is 6.09. The van der Waals surface area contributed by atoms with Crippen LogP contribution >= 0.6 is 0 Å². The molecule has 0 bridgehead atoms. The van der Waals surface area contributed by atoms with Crippen molar-refractivity contribution in [2.45, 2.75) is 12.5 Å². The minimum absolute atomic E-state index is 0.102. The van der Waals surface area contributed by atoms with Gasteiger partial charge in [-0.15, -0.1) is 6.42 Å². The van der Waals surface area contributed by atoms with Crippen LogP contribution in [-0.4, -0.2) is 11.9 Å². The zero-order valence-corrected chi connectivity index (χ0v) is 7.15. The van der Waals surface area contributed by atoms with Crippen LogP contribution in [0.4, 0.5) is 0 Å². The van der Waals surface area contributed by atoms with Gasteiger partial charge in [0, 0.05) is 13.2 Å². The molecule has 1 atom stereocenters. The highest BCUT2D eigenvalue weighted by atomic mass is 33.1. The highest BCUT2D eigenvalue weighted by Crippen LogP contribution is 2.15. The molecule has 9 heavy (non-hydrogen) atoms. The van der Waals surface area contributed by atoms with Gasteiger partial charge < -0.3 is 0 Å². The van der Waals surface area contributed by atoms with Gasteiger partial charge in [0.05, 0.1) is 0 Å². The molecule has 0 spiro atoms. The molecule has 0 amide bonds. The number of hydrogen-bond donors (Lipinski definition) is 0. The minimum atomic E-state index is -1.58. The Morgan fingerprint density at radius 2 is 2.33 bits per heavy atom. The number of rotatable bonds is 0. The summed E-state index contributed by atoms with van der Waals surface area (Å²) < 4.78 is 5.17. The van der Waals surface area contributed by atoms with E-state index in [0.29, 0.717) is 0 Å². The van der Waals surface area contributed by atoms with E-state index in [1.165, 1.54) is 0 Å². The quantitative estimate of drug-likeness (QED) is 0.497. The second-order valence-electron chi connectivity index (χ2n) is 1.80. The van der Waals surface area contributed by atoms with Gasteiger partial charge in [-0.1, -0.05) is 5.92 Å². The van der Waals surface area contributed by atoms with E-state index in [0.717, 1.165) is 12.2 Å². The van der Waals surface area contributed by atoms with Crippen molar-refractivity contribution in [1.29, 1.82) is 0 Å². The molecule has 0 aromatic heterocycles. The van der Waals surface area contributed by atoms with Crippen LogP contribution < -0.4 is 0 Å². The van der Waals surface area contributed by atoms with Crippen LogP contribution in [0.5, 0.6) is 0 Å². The predicted octanol–water partition coefficient (Wildman–Crippen LogP) is 0.401. The molecule has 1 unspecified atom stereocenters. The topological polar surface area (TPSA) is 9.23 Å². The second-order valence-corrected chi connectivity index (χ2v) is 7.38. The van der Waals surface area contributed by atoms with Gasteiger partial charge in [-0.05, 0) is 28.8 Å². The average Bonchev–Trinajstić information content (AvgIpc) is 2.10. The van der Waals surface area contributed by atoms with E-state index >= 15 is 0 Å². The van der Waals surface area contributed by atoms with Crippen LogP contribution in [0.3, 0.4) is 0 Å². The van der Waals surface area contributed by atoms with E-state index in [1.807, 2.05) is 0 Å². The molecule has 1 aliphatic heterocycles. The Bertz CT molecular complexity index is 233. The smallest absolute Gasteiger partial charge is 0.134 e. The molecule has 0 aromatic rings. The van der Waals surface area contributed by atoms with Crippen LogP contribution in [0.2, 0.25) is 0 Å². The monoisotopic (exact) mass is 178 g/mol. The van der Waals surface area contributed by atoms with Crippen molar-refractivity contribution in [2.24, 2.45) is 0 Å². The lowest BCUT2D eigenvalue weighted by Gasteiger charge is -1.98. The lowest BCUT2D eigenvalue weighted by Crippen LogP contribution is -2.01. The summed E-state index contributed by atoms with van der Waals surface area (Å²) in [4.78, 5) is 0. The Kier molecular flexibility index (Phi) is 2.07. The van der Waals surface area contributed by atoms with Crippen molar-refractivity contribution >= 4 is 29.8 Å². The fourth-order valence-electron chi connectivity index (χ4n) is 0.636. The summed E-state index contributed by atoms with van der Waals surface area (Å²) in [5.41, 5.74) is 0. The number of hydrogen-bond acceptors (Lipinski definition) is 3. The van der Waals surface area contributed by atoms with E-state index in [2.05, 4.69) is 5.92 Å². The molecule has 1 fully saturated rings. The summed E-state index contributed by atoms with van der Waals surface area (Å²) in [5.74, 6) is 3.28. The van der Waals surface area contributed by atoms with Crippen LogP contribution in [0.15, 0.2) is 0 Å². The molecule has 1 rings (SSSR count). The van der Waals surface area contributed by atoms with E-state index in [4.69, 9.17) is 33.0 Å². The fraction of sp³-hybridized carbons (Fsp3) is 0.600. The van der Waals surface area contributed by atoms with Crippen molar-refractivity contribution in [3.8, 4) is 12.3 Å². The second kappa shape index (κ2) is 2.51. The van der Waals surface area contributed by atoms with Crippen LogP contribution in [0.25, 0.3) is 0 Å². The summed E-state index contributed by atoms with van der Waals surface area (Å²) in [6.45, 7) is 0. The third-order valence-electron chi connectivity index (χ3n) is 1.08. The van der Waals surface area contributed by atoms with Gasteiger partial charge in [-0.3, -0.25) is 4.18 Å². The largest absolute Gasteiger partial charge is 0.294 e. The van der Waals surface area contributed by atoms with Crippen molar-refractivity contribution in [3.05, 3.63) is 0 Å². The Balaban J connectivity index is 2.72. The molecule has 0 aromatic carbocycles. The summed E-state index contributed by atoms with van der Waals surface area (Å²) >= 11 is 9.86. The van der Waals surface area contributed by atoms with Crippen molar-refractivity contribution in [2.75, 3.05) is 5.75 Å². The minimum Gasteiger partial charge on any atom is -0.294 e. The molecule has 0 saturated carbocycles. The van der Waals surface area contributed by atoms with Gasteiger partial charge >= 0.3 is 0 Å². The summed E-state index contributed by atoms with van der Waals surface area (Å²) in [5, 5.41) is 0. The maximum absolute atomic E-state index is 5.17. The summed E-state index contributed by atoms with van der Waals surface area (Å²) in [6.07, 6.45) is 5.84. The van der Waals surface area contributed by atoms with Crippen molar-refractivity contribution < 1.29 is 4.18 Å². The Morgan fingerprint density at radius 1 is 1.67 bits per heavy atom. The van der Waals surface area contributed by atoms with Crippen LogP contribution in [0, 0.1) is 12.3 Å². The molecular weight excluding hydrogens is 172 g/mol. The van der Waals surface area contributed by atoms with Crippen LogP contribution in [-0.2, 0) is 34.0 Å². The van der Waals surface area contributed by atoms with Crippen molar-refractivity contribution in [1.82, 2.24) is 0 Å². The predicted molar refractivity (Wildman–Crippen MR) is 45.3 cm³/mol. The Morgan fingerprint density at radius 3 is 2.56 bits per heavy atom. The molecule has 1 saturated heterocycles. The van der Waals surface area contributed by atoms with Crippen LogP contribution in [0.1, 0.15) is 6.42 Å². The van der Waals surface area contributed by atoms with Gasteiger partial charge in [0.2, 0.25) is 0 Å². The summed E-state index contributed by atoms with van der Waals surface area (Å²) in [7, 11) is -1.58. The third kappa shape index (κ3) is 1.87. The molecule has 50 valence electrons. The molecule has 0 aliphatic carbocycles. The molecule has 4 heteroatoms. The molecule has 1 aliphatic rings. The standard InChI is InChI=1S/C5H6OS3/c1-2-5-3-4-9(7,8)6-5/h1,5H,3-4H2. The van der Waals surface area contributed by atoms with Gasteiger partial charge in [-0.25, -0.2) is 0 Å². The highest BCUT2D eigenvalue weighted by Gasteiger charge is 2.20.